The molecular formula is C13H25ClN4. The maximum Gasteiger partial charge on any atom is 0.140 e. The first-order valence-corrected chi connectivity index (χ1v) is 7.34. The second-order valence-electron chi connectivity index (χ2n) is 5.14. The van der Waals surface area contributed by atoms with E-state index in [9.17, 15) is 0 Å². The highest BCUT2D eigenvalue weighted by atomic mass is 35.5. The van der Waals surface area contributed by atoms with E-state index >= 15 is 0 Å². The van der Waals surface area contributed by atoms with E-state index in [1.807, 2.05) is 4.68 Å². The molecule has 0 radical (unpaired) electrons. The molecule has 1 atom stereocenters. The number of hydrogen-bond donors (Lipinski definition) is 1. The molecule has 1 aromatic rings. The number of nitrogens with zero attached hydrogens (tertiary/aromatic N) is 3. The normalized spacial score (nSPS) is 13.2. The molecule has 0 spiro atoms. The second-order valence-corrected chi connectivity index (χ2v) is 5.51. The van der Waals surface area contributed by atoms with Gasteiger partial charge in [0.15, 0.2) is 0 Å². The van der Waals surface area contributed by atoms with Crippen molar-refractivity contribution < 1.29 is 0 Å². The number of aromatic nitrogens is 3. The van der Waals surface area contributed by atoms with Crippen molar-refractivity contribution in [1.82, 2.24) is 20.1 Å². The molecule has 0 aliphatic carbocycles. The molecule has 0 aliphatic rings. The zero-order chi connectivity index (χ0) is 13.4. The molecule has 0 saturated heterocycles. The van der Waals surface area contributed by atoms with Gasteiger partial charge in [0.05, 0.1) is 6.54 Å². The summed E-state index contributed by atoms with van der Waals surface area (Å²) >= 11 is 5.78. The topological polar surface area (TPSA) is 42.7 Å². The van der Waals surface area contributed by atoms with Crippen LogP contribution < -0.4 is 5.32 Å². The lowest BCUT2D eigenvalue weighted by Crippen LogP contribution is -2.25. The zero-order valence-corrected chi connectivity index (χ0v) is 12.5. The Labute approximate surface area is 115 Å². The van der Waals surface area contributed by atoms with Crippen molar-refractivity contribution in [1.29, 1.82) is 0 Å². The Morgan fingerprint density at radius 1 is 1.44 bits per heavy atom. The molecule has 5 heteroatoms. The Morgan fingerprint density at radius 2 is 2.22 bits per heavy atom. The van der Waals surface area contributed by atoms with Gasteiger partial charge >= 0.3 is 0 Å². The minimum atomic E-state index is 0.588. The maximum absolute atomic E-state index is 5.78. The number of rotatable bonds is 9. The third-order valence-electron chi connectivity index (χ3n) is 3.04. The fraction of sp³-hybridized carbons (Fsp3) is 0.846. The van der Waals surface area contributed by atoms with Crippen molar-refractivity contribution in [2.75, 3.05) is 12.4 Å². The van der Waals surface area contributed by atoms with Gasteiger partial charge in [0, 0.05) is 12.4 Å². The maximum atomic E-state index is 5.78. The van der Waals surface area contributed by atoms with Gasteiger partial charge in [0.1, 0.15) is 12.2 Å². The van der Waals surface area contributed by atoms with E-state index < -0.39 is 0 Å². The lowest BCUT2D eigenvalue weighted by atomic mass is 10.0. The predicted octanol–water partition coefficient (Wildman–Crippen LogP) is 2.68. The molecule has 0 amide bonds. The molecule has 1 unspecified atom stereocenters. The summed E-state index contributed by atoms with van der Waals surface area (Å²) in [5.41, 5.74) is 0. The first kappa shape index (κ1) is 15.4. The number of alkyl halides is 1. The number of hydrogen-bond acceptors (Lipinski definition) is 3. The summed E-state index contributed by atoms with van der Waals surface area (Å²) in [7, 11) is 0. The summed E-state index contributed by atoms with van der Waals surface area (Å²) in [4.78, 5) is 4.30. The van der Waals surface area contributed by atoms with Crippen molar-refractivity contribution in [3.63, 3.8) is 0 Å². The first-order chi connectivity index (χ1) is 8.67. The van der Waals surface area contributed by atoms with E-state index in [1.54, 1.807) is 6.33 Å². The lowest BCUT2D eigenvalue weighted by molar-refractivity contribution is 0.426. The second kappa shape index (κ2) is 8.48. The summed E-state index contributed by atoms with van der Waals surface area (Å²) in [5, 5.41) is 7.71. The molecule has 1 rings (SSSR count). The summed E-state index contributed by atoms with van der Waals surface area (Å²) in [6, 6.07) is 0. The SMILES string of the molecule is CCC(CCCl)CNCc1ncnn1CC(C)C. The van der Waals surface area contributed by atoms with Crippen LogP contribution in [0.4, 0.5) is 0 Å². The Balaban J connectivity index is 2.36. The Hall–Kier alpha value is -0.610. The third kappa shape index (κ3) is 5.36. The van der Waals surface area contributed by atoms with Gasteiger partial charge in [0.2, 0.25) is 0 Å². The zero-order valence-electron chi connectivity index (χ0n) is 11.7. The molecule has 0 bridgehead atoms. The fourth-order valence-electron chi connectivity index (χ4n) is 1.92. The smallest absolute Gasteiger partial charge is 0.140 e. The summed E-state index contributed by atoms with van der Waals surface area (Å²) in [6.45, 7) is 9.29. The van der Waals surface area contributed by atoms with Crippen molar-refractivity contribution in [2.45, 2.75) is 46.7 Å². The molecule has 104 valence electrons. The standard InChI is InChI=1S/C13H25ClN4/c1-4-12(5-6-14)7-15-8-13-16-10-17-18(13)9-11(2)3/h10-12,15H,4-9H2,1-3H3. The van der Waals surface area contributed by atoms with E-state index in [0.29, 0.717) is 11.8 Å². The van der Waals surface area contributed by atoms with Gasteiger partial charge in [-0.25, -0.2) is 9.67 Å². The van der Waals surface area contributed by atoms with Crippen LogP contribution in [0.2, 0.25) is 0 Å². The highest BCUT2D eigenvalue weighted by Crippen LogP contribution is 2.08. The molecule has 0 aromatic carbocycles. The van der Waals surface area contributed by atoms with Crippen LogP contribution in [0.15, 0.2) is 6.33 Å². The van der Waals surface area contributed by atoms with Crippen LogP contribution in [0.1, 0.15) is 39.4 Å². The van der Waals surface area contributed by atoms with Crippen molar-refractivity contribution in [3.05, 3.63) is 12.2 Å². The van der Waals surface area contributed by atoms with Crippen LogP contribution in [0.3, 0.4) is 0 Å². The van der Waals surface area contributed by atoms with Crippen molar-refractivity contribution >= 4 is 11.6 Å². The van der Waals surface area contributed by atoms with Crippen LogP contribution in [0.5, 0.6) is 0 Å². The molecule has 0 aliphatic heterocycles. The largest absolute Gasteiger partial charge is 0.310 e. The molecule has 18 heavy (non-hydrogen) atoms. The van der Waals surface area contributed by atoms with E-state index in [2.05, 4.69) is 36.2 Å². The molecule has 0 saturated carbocycles. The first-order valence-electron chi connectivity index (χ1n) is 6.80. The minimum absolute atomic E-state index is 0.588. The quantitative estimate of drug-likeness (QED) is 0.703. The van der Waals surface area contributed by atoms with Gasteiger partial charge in [-0.05, 0) is 24.8 Å². The molecular weight excluding hydrogens is 248 g/mol. The average molecular weight is 273 g/mol. The molecule has 1 N–H and O–H groups in total. The highest BCUT2D eigenvalue weighted by Gasteiger charge is 2.08. The van der Waals surface area contributed by atoms with Gasteiger partial charge in [0.25, 0.3) is 0 Å². The number of nitrogens with one attached hydrogen (secondary N) is 1. The van der Waals surface area contributed by atoms with E-state index in [-0.39, 0.29) is 0 Å². The summed E-state index contributed by atoms with van der Waals surface area (Å²) < 4.78 is 1.99. The van der Waals surface area contributed by atoms with E-state index in [0.717, 1.165) is 37.8 Å². The van der Waals surface area contributed by atoms with Gasteiger partial charge in [-0.15, -0.1) is 11.6 Å². The van der Waals surface area contributed by atoms with Crippen LogP contribution >= 0.6 is 11.6 Å². The highest BCUT2D eigenvalue weighted by molar-refractivity contribution is 6.17. The third-order valence-corrected chi connectivity index (χ3v) is 3.26. The van der Waals surface area contributed by atoms with Crippen LogP contribution in [0, 0.1) is 11.8 Å². The monoisotopic (exact) mass is 272 g/mol. The number of halogens is 1. The lowest BCUT2D eigenvalue weighted by Gasteiger charge is -2.14. The Morgan fingerprint density at radius 3 is 2.83 bits per heavy atom. The fourth-order valence-corrected chi connectivity index (χ4v) is 2.22. The molecule has 4 nitrogen and oxygen atoms in total. The van der Waals surface area contributed by atoms with Crippen LogP contribution in [0.25, 0.3) is 0 Å². The van der Waals surface area contributed by atoms with Crippen molar-refractivity contribution in [3.8, 4) is 0 Å². The van der Waals surface area contributed by atoms with Crippen LogP contribution in [-0.2, 0) is 13.1 Å². The van der Waals surface area contributed by atoms with E-state index in [4.69, 9.17) is 11.6 Å². The van der Waals surface area contributed by atoms with Crippen molar-refractivity contribution in [2.24, 2.45) is 11.8 Å². The molecule has 0 fully saturated rings. The van der Waals surface area contributed by atoms with Crippen LogP contribution in [-0.4, -0.2) is 27.2 Å². The predicted molar refractivity (Wildman–Crippen MR) is 75.7 cm³/mol. The van der Waals surface area contributed by atoms with E-state index in [1.165, 1.54) is 6.42 Å². The average Bonchev–Trinajstić information content (AvgIpc) is 2.74. The van der Waals surface area contributed by atoms with Gasteiger partial charge in [-0.2, -0.15) is 5.10 Å². The molecule has 1 aromatic heterocycles. The van der Waals surface area contributed by atoms with Gasteiger partial charge < -0.3 is 5.32 Å². The Bertz CT molecular complexity index is 325. The Kier molecular flexibility index (Phi) is 7.28. The molecule has 1 heterocycles. The van der Waals surface area contributed by atoms with Gasteiger partial charge in [-0.3, -0.25) is 0 Å². The van der Waals surface area contributed by atoms with Gasteiger partial charge in [-0.1, -0.05) is 27.2 Å². The summed E-state index contributed by atoms with van der Waals surface area (Å²) in [6.07, 6.45) is 3.87. The minimum Gasteiger partial charge on any atom is -0.310 e. The summed E-state index contributed by atoms with van der Waals surface area (Å²) in [5.74, 6) is 3.00.